The molecule has 1 aliphatic rings. The normalized spacial score (nSPS) is 30.2. The summed E-state index contributed by atoms with van der Waals surface area (Å²) in [4.78, 5) is 10.7. The van der Waals surface area contributed by atoms with Gasteiger partial charge >= 0.3 is 0 Å². The molecule has 0 aromatic carbocycles. The van der Waals surface area contributed by atoms with E-state index in [0.717, 1.165) is 6.29 Å². The molecule has 0 spiro atoms. The van der Waals surface area contributed by atoms with Crippen molar-refractivity contribution >= 4 is 6.29 Å². The molecule has 1 rings (SSSR count). The Hall–Kier alpha value is -0.590. The summed E-state index contributed by atoms with van der Waals surface area (Å²) < 4.78 is 0. The fraction of sp³-hybridized carbons (Fsp3) is 0.727. The highest BCUT2D eigenvalue weighted by Gasteiger charge is 2.21. The number of carbonyl (C=O) groups is 1. The molecule has 12 heavy (non-hydrogen) atoms. The topological polar surface area (TPSA) is 17.1 Å². The van der Waals surface area contributed by atoms with Gasteiger partial charge in [0.1, 0.15) is 6.29 Å². The van der Waals surface area contributed by atoms with E-state index in [1.165, 1.54) is 18.4 Å². The molecule has 0 radical (unpaired) electrons. The molecular weight excluding hydrogens is 148 g/mol. The van der Waals surface area contributed by atoms with E-state index in [1.807, 2.05) is 0 Å². The maximum Gasteiger partial charge on any atom is 0.127 e. The Bertz CT molecular complexity index is 191. The lowest BCUT2D eigenvalue weighted by Crippen LogP contribution is -2.17. The number of allylic oxidation sites excluding steroid dienone is 2. The van der Waals surface area contributed by atoms with Crippen molar-refractivity contribution < 1.29 is 4.79 Å². The molecule has 0 saturated heterocycles. The molecule has 0 amide bonds. The third-order valence-electron chi connectivity index (χ3n) is 2.85. The minimum atomic E-state index is 0.177. The third kappa shape index (κ3) is 1.96. The zero-order chi connectivity index (χ0) is 9.14. The van der Waals surface area contributed by atoms with E-state index in [9.17, 15) is 4.79 Å². The van der Waals surface area contributed by atoms with Gasteiger partial charge in [0.25, 0.3) is 0 Å². The molecule has 0 heterocycles. The number of aldehydes is 1. The van der Waals surface area contributed by atoms with Crippen molar-refractivity contribution in [3.05, 3.63) is 11.6 Å². The van der Waals surface area contributed by atoms with Gasteiger partial charge in [0.05, 0.1) is 0 Å². The standard InChI is InChI=1S/C11H18O/c1-8(2)10-5-4-9(3)11(6-10)7-12/h6-9,11H,4-5H2,1-3H3. The average Bonchev–Trinajstić information content (AvgIpc) is 2.05. The maximum absolute atomic E-state index is 10.7. The Labute approximate surface area is 74.9 Å². The van der Waals surface area contributed by atoms with Crippen LogP contribution in [0.25, 0.3) is 0 Å². The lowest BCUT2D eigenvalue weighted by Gasteiger charge is -2.25. The number of carbonyl (C=O) groups excluding carboxylic acids is 1. The first-order valence-electron chi connectivity index (χ1n) is 4.81. The van der Waals surface area contributed by atoms with Crippen LogP contribution < -0.4 is 0 Å². The molecule has 0 bridgehead atoms. The molecule has 68 valence electrons. The van der Waals surface area contributed by atoms with E-state index in [-0.39, 0.29) is 5.92 Å². The molecule has 0 N–H and O–H groups in total. The minimum absolute atomic E-state index is 0.177. The van der Waals surface area contributed by atoms with Crippen molar-refractivity contribution in [2.75, 3.05) is 0 Å². The first-order chi connectivity index (χ1) is 5.65. The predicted octanol–water partition coefficient (Wildman–Crippen LogP) is 2.81. The average molecular weight is 166 g/mol. The SMILES string of the molecule is CC(C)C1=CC(C=O)C(C)CC1. The van der Waals surface area contributed by atoms with E-state index in [0.29, 0.717) is 11.8 Å². The Morgan fingerprint density at radius 3 is 2.75 bits per heavy atom. The van der Waals surface area contributed by atoms with Crippen molar-refractivity contribution in [2.24, 2.45) is 17.8 Å². The van der Waals surface area contributed by atoms with Crippen LogP contribution in [-0.4, -0.2) is 6.29 Å². The molecule has 1 heteroatoms. The molecular formula is C11H18O. The fourth-order valence-electron chi connectivity index (χ4n) is 1.74. The van der Waals surface area contributed by atoms with E-state index < -0.39 is 0 Å². The Balaban J connectivity index is 2.73. The summed E-state index contributed by atoms with van der Waals surface area (Å²) in [6, 6.07) is 0. The third-order valence-corrected chi connectivity index (χ3v) is 2.85. The molecule has 0 saturated carbocycles. The van der Waals surface area contributed by atoms with Gasteiger partial charge in [-0.25, -0.2) is 0 Å². The summed E-state index contributed by atoms with van der Waals surface area (Å²) in [5.74, 6) is 1.33. The Morgan fingerprint density at radius 2 is 2.25 bits per heavy atom. The Kier molecular flexibility index (Phi) is 3.07. The van der Waals surface area contributed by atoms with Crippen LogP contribution in [0.1, 0.15) is 33.6 Å². The summed E-state index contributed by atoms with van der Waals surface area (Å²) in [6.07, 6.45) is 5.62. The van der Waals surface area contributed by atoms with Gasteiger partial charge in [0.15, 0.2) is 0 Å². The summed E-state index contributed by atoms with van der Waals surface area (Å²) >= 11 is 0. The quantitative estimate of drug-likeness (QED) is 0.455. The second-order valence-corrected chi connectivity index (χ2v) is 4.13. The lowest BCUT2D eigenvalue weighted by atomic mass is 9.80. The fourth-order valence-corrected chi connectivity index (χ4v) is 1.74. The summed E-state index contributed by atoms with van der Waals surface area (Å²) in [6.45, 7) is 6.56. The van der Waals surface area contributed by atoms with Gasteiger partial charge in [-0.1, -0.05) is 32.4 Å². The zero-order valence-corrected chi connectivity index (χ0v) is 8.21. The van der Waals surface area contributed by atoms with Gasteiger partial charge < -0.3 is 4.79 Å². The smallest absolute Gasteiger partial charge is 0.127 e. The molecule has 0 aliphatic heterocycles. The van der Waals surface area contributed by atoms with Crippen LogP contribution in [0, 0.1) is 17.8 Å². The van der Waals surface area contributed by atoms with Crippen molar-refractivity contribution in [1.29, 1.82) is 0 Å². The summed E-state index contributed by atoms with van der Waals surface area (Å²) in [5, 5.41) is 0. The van der Waals surface area contributed by atoms with Crippen LogP contribution in [0.2, 0.25) is 0 Å². The molecule has 2 atom stereocenters. The predicted molar refractivity (Wildman–Crippen MR) is 50.9 cm³/mol. The van der Waals surface area contributed by atoms with E-state index in [1.54, 1.807) is 0 Å². The largest absolute Gasteiger partial charge is 0.303 e. The number of rotatable bonds is 2. The number of hydrogen-bond donors (Lipinski definition) is 0. The molecule has 2 unspecified atom stereocenters. The first kappa shape index (κ1) is 9.50. The van der Waals surface area contributed by atoms with Gasteiger partial charge in [-0.2, -0.15) is 0 Å². The van der Waals surface area contributed by atoms with E-state index in [2.05, 4.69) is 26.8 Å². The van der Waals surface area contributed by atoms with Crippen LogP contribution >= 0.6 is 0 Å². The van der Waals surface area contributed by atoms with Gasteiger partial charge in [0, 0.05) is 5.92 Å². The number of hydrogen-bond acceptors (Lipinski definition) is 1. The monoisotopic (exact) mass is 166 g/mol. The minimum Gasteiger partial charge on any atom is -0.303 e. The highest BCUT2D eigenvalue weighted by atomic mass is 16.1. The molecule has 1 nitrogen and oxygen atoms in total. The highest BCUT2D eigenvalue weighted by Crippen LogP contribution is 2.30. The molecule has 0 fully saturated rings. The summed E-state index contributed by atoms with van der Waals surface area (Å²) in [5.41, 5.74) is 1.46. The molecule has 0 aromatic heterocycles. The molecule has 0 aromatic rings. The summed E-state index contributed by atoms with van der Waals surface area (Å²) in [7, 11) is 0. The second kappa shape index (κ2) is 3.88. The van der Waals surface area contributed by atoms with Crippen LogP contribution in [0.4, 0.5) is 0 Å². The zero-order valence-electron chi connectivity index (χ0n) is 8.21. The van der Waals surface area contributed by atoms with Crippen LogP contribution in [-0.2, 0) is 4.79 Å². The van der Waals surface area contributed by atoms with Crippen LogP contribution in [0.15, 0.2) is 11.6 Å². The van der Waals surface area contributed by atoms with Gasteiger partial charge in [0.2, 0.25) is 0 Å². The van der Waals surface area contributed by atoms with Crippen LogP contribution in [0.3, 0.4) is 0 Å². The van der Waals surface area contributed by atoms with Crippen molar-refractivity contribution in [3.8, 4) is 0 Å². The van der Waals surface area contributed by atoms with Crippen molar-refractivity contribution in [3.63, 3.8) is 0 Å². The Morgan fingerprint density at radius 1 is 1.58 bits per heavy atom. The van der Waals surface area contributed by atoms with Crippen molar-refractivity contribution in [1.82, 2.24) is 0 Å². The van der Waals surface area contributed by atoms with Gasteiger partial charge in [-0.15, -0.1) is 0 Å². The van der Waals surface area contributed by atoms with Crippen LogP contribution in [0.5, 0.6) is 0 Å². The van der Waals surface area contributed by atoms with Gasteiger partial charge in [-0.05, 0) is 24.7 Å². The second-order valence-electron chi connectivity index (χ2n) is 4.13. The van der Waals surface area contributed by atoms with E-state index >= 15 is 0 Å². The van der Waals surface area contributed by atoms with Gasteiger partial charge in [-0.3, -0.25) is 0 Å². The lowest BCUT2D eigenvalue weighted by molar-refractivity contribution is -0.111. The highest BCUT2D eigenvalue weighted by molar-refractivity contribution is 5.58. The maximum atomic E-state index is 10.7. The van der Waals surface area contributed by atoms with Crippen molar-refractivity contribution in [2.45, 2.75) is 33.6 Å². The molecule has 1 aliphatic carbocycles. The first-order valence-corrected chi connectivity index (χ1v) is 4.81. The van der Waals surface area contributed by atoms with E-state index in [4.69, 9.17) is 0 Å².